The largest absolute Gasteiger partial charge is 0.497 e. The molecule has 1 aromatic heterocycles. The van der Waals surface area contributed by atoms with Crippen molar-refractivity contribution in [3.63, 3.8) is 0 Å². The third-order valence-electron chi connectivity index (χ3n) is 1.97. The van der Waals surface area contributed by atoms with Crippen molar-refractivity contribution in [3.8, 4) is 11.4 Å². The van der Waals surface area contributed by atoms with E-state index in [1.165, 1.54) is 0 Å². The number of methoxy groups -OCH3 is 1. The predicted octanol–water partition coefficient (Wildman–Crippen LogP) is -0.138. The van der Waals surface area contributed by atoms with Crippen molar-refractivity contribution in [2.75, 3.05) is 7.11 Å². The molecule has 0 unspecified atom stereocenters. The maximum atomic E-state index is 11.2. The second-order valence-electron chi connectivity index (χ2n) is 2.90. The Labute approximate surface area is 84.1 Å². The summed E-state index contributed by atoms with van der Waals surface area (Å²) in [6, 6.07) is 6.74. The molecule has 0 aliphatic rings. The first kappa shape index (κ1) is 9.32. The number of H-pyrrole nitrogens is 2. The van der Waals surface area contributed by atoms with Gasteiger partial charge in [0.1, 0.15) is 5.75 Å². The first-order chi connectivity index (χ1) is 7.20. The van der Waals surface area contributed by atoms with Crippen molar-refractivity contribution in [1.82, 2.24) is 14.8 Å². The van der Waals surface area contributed by atoms with Gasteiger partial charge in [-0.05, 0) is 24.3 Å². The molecule has 1 aromatic carbocycles. The van der Waals surface area contributed by atoms with Crippen LogP contribution in [0.3, 0.4) is 0 Å². The molecular formula is C9H9N3O3. The molecule has 0 spiro atoms. The Morgan fingerprint density at radius 1 is 1.20 bits per heavy atom. The molecule has 6 nitrogen and oxygen atoms in total. The third kappa shape index (κ3) is 1.69. The molecule has 0 saturated heterocycles. The molecule has 0 saturated carbocycles. The quantitative estimate of drug-likeness (QED) is 0.719. The molecule has 0 fully saturated rings. The summed E-state index contributed by atoms with van der Waals surface area (Å²) in [5, 5.41) is 2.35. The Morgan fingerprint density at radius 3 is 2.33 bits per heavy atom. The van der Waals surface area contributed by atoms with E-state index in [9.17, 15) is 9.59 Å². The maximum Gasteiger partial charge on any atom is 0.349 e. The zero-order chi connectivity index (χ0) is 10.8. The van der Waals surface area contributed by atoms with Crippen LogP contribution >= 0.6 is 0 Å². The van der Waals surface area contributed by atoms with E-state index in [4.69, 9.17) is 4.74 Å². The maximum absolute atomic E-state index is 11.2. The monoisotopic (exact) mass is 207 g/mol. The lowest BCUT2D eigenvalue weighted by Gasteiger charge is -2.01. The fourth-order valence-electron chi connectivity index (χ4n) is 1.25. The summed E-state index contributed by atoms with van der Waals surface area (Å²) in [7, 11) is 1.55. The zero-order valence-corrected chi connectivity index (χ0v) is 7.98. The van der Waals surface area contributed by atoms with E-state index in [1.807, 2.05) is 0 Å². The van der Waals surface area contributed by atoms with Crippen LogP contribution in [0.2, 0.25) is 0 Å². The van der Waals surface area contributed by atoms with Crippen LogP contribution in [0.4, 0.5) is 0 Å². The minimum atomic E-state index is -0.532. The van der Waals surface area contributed by atoms with Gasteiger partial charge in [0.05, 0.1) is 12.8 Å². The topological polar surface area (TPSA) is 79.9 Å². The summed E-state index contributed by atoms with van der Waals surface area (Å²) >= 11 is 0. The molecule has 0 aliphatic heterocycles. The molecule has 0 atom stereocenters. The normalized spacial score (nSPS) is 10.2. The number of ether oxygens (including phenoxy) is 1. The molecule has 78 valence electrons. The molecule has 2 N–H and O–H groups in total. The average Bonchev–Trinajstić information content (AvgIpc) is 2.58. The van der Waals surface area contributed by atoms with Gasteiger partial charge >= 0.3 is 11.4 Å². The van der Waals surface area contributed by atoms with E-state index in [0.29, 0.717) is 11.4 Å². The molecular weight excluding hydrogens is 198 g/mol. The summed E-state index contributed by atoms with van der Waals surface area (Å²) in [5.74, 6) is 0.685. The first-order valence-corrected chi connectivity index (χ1v) is 4.26. The summed E-state index contributed by atoms with van der Waals surface area (Å²) in [6.45, 7) is 0. The number of rotatable bonds is 2. The lowest BCUT2D eigenvalue weighted by molar-refractivity contribution is 0.414. The third-order valence-corrected chi connectivity index (χ3v) is 1.97. The van der Waals surface area contributed by atoms with Crippen LogP contribution in [-0.4, -0.2) is 21.9 Å². The van der Waals surface area contributed by atoms with Gasteiger partial charge in [-0.3, -0.25) is 4.98 Å². The molecule has 0 amide bonds. The molecule has 2 rings (SSSR count). The number of aromatic amines is 2. The molecule has 1 heterocycles. The Hall–Kier alpha value is -2.24. The van der Waals surface area contributed by atoms with E-state index in [1.54, 1.807) is 31.4 Å². The van der Waals surface area contributed by atoms with Gasteiger partial charge in [-0.1, -0.05) is 0 Å². The van der Waals surface area contributed by atoms with Gasteiger partial charge < -0.3 is 4.74 Å². The number of nitrogens with one attached hydrogen (secondary N) is 2. The van der Waals surface area contributed by atoms with Crippen LogP contribution in [0.1, 0.15) is 0 Å². The SMILES string of the molecule is COc1ccc(-n2[nH]c(=O)[nH]c2=O)cc1. The van der Waals surface area contributed by atoms with Gasteiger partial charge in [0.15, 0.2) is 0 Å². The number of aromatic nitrogens is 3. The first-order valence-electron chi connectivity index (χ1n) is 4.26. The molecule has 0 radical (unpaired) electrons. The van der Waals surface area contributed by atoms with Gasteiger partial charge in [0.25, 0.3) is 0 Å². The smallest absolute Gasteiger partial charge is 0.349 e. The minimum absolute atomic E-state index is 0.495. The molecule has 15 heavy (non-hydrogen) atoms. The van der Waals surface area contributed by atoms with E-state index < -0.39 is 11.4 Å². The van der Waals surface area contributed by atoms with E-state index in [0.717, 1.165) is 4.68 Å². The zero-order valence-electron chi connectivity index (χ0n) is 7.98. The number of hydrogen-bond donors (Lipinski definition) is 2. The van der Waals surface area contributed by atoms with Crippen molar-refractivity contribution in [1.29, 1.82) is 0 Å². The second-order valence-corrected chi connectivity index (χ2v) is 2.90. The number of benzene rings is 1. The van der Waals surface area contributed by atoms with Gasteiger partial charge in [-0.15, -0.1) is 0 Å². The molecule has 0 aliphatic carbocycles. The highest BCUT2D eigenvalue weighted by Crippen LogP contribution is 2.12. The van der Waals surface area contributed by atoms with E-state index >= 15 is 0 Å². The summed E-state index contributed by atoms with van der Waals surface area (Å²) in [4.78, 5) is 24.2. The van der Waals surface area contributed by atoms with Gasteiger partial charge in [0.2, 0.25) is 0 Å². The lowest BCUT2D eigenvalue weighted by Crippen LogP contribution is -2.15. The van der Waals surface area contributed by atoms with Crippen LogP contribution in [0.15, 0.2) is 33.9 Å². The van der Waals surface area contributed by atoms with Gasteiger partial charge in [0, 0.05) is 0 Å². The van der Waals surface area contributed by atoms with Crippen LogP contribution in [0.25, 0.3) is 5.69 Å². The molecule has 6 heteroatoms. The Morgan fingerprint density at radius 2 is 1.87 bits per heavy atom. The summed E-state index contributed by atoms with van der Waals surface area (Å²) in [6.07, 6.45) is 0. The fraction of sp³-hybridized carbons (Fsp3) is 0.111. The van der Waals surface area contributed by atoms with Crippen LogP contribution in [0.5, 0.6) is 5.75 Å². The Balaban J connectivity index is 2.50. The molecule has 2 aromatic rings. The van der Waals surface area contributed by atoms with E-state index in [-0.39, 0.29) is 0 Å². The number of nitrogens with zero attached hydrogens (tertiary/aromatic N) is 1. The van der Waals surface area contributed by atoms with Crippen LogP contribution in [-0.2, 0) is 0 Å². The summed E-state index contributed by atoms with van der Waals surface area (Å²) < 4.78 is 6.10. The highest BCUT2D eigenvalue weighted by Gasteiger charge is 2.02. The number of hydrogen-bond acceptors (Lipinski definition) is 3. The van der Waals surface area contributed by atoms with Crippen molar-refractivity contribution in [2.24, 2.45) is 0 Å². The Bertz CT molecular complexity index is 561. The van der Waals surface area contributed by atoms with Crippen LogP contribution in [0, 0.1) is 0 Å². The van der Waals surface area contributed by atoms with Gasteiger partial charge in [-0.25, -0.2) is 19.4 Å². The van der Waals surface area contributed by atoms with Crippen molar-refractivity contribution in [2.45, 2.75) is 0 Å². The minimum Gasteiger partial charge on any atom is -0.497 e. The fourth-order valence-corrected chi connectivity index (χ4v) is 1.25. The van der Waals surface area contributed by atoms with Crippen molar-refractivity contribution in [3.05, 3.63) is 45.2 Å². The highest BCUT2D eigenvalue weighted by molar-refractivity contribution is 5.36. The lowest BCUT2D eigenvalue weighted by atomic mass is 10.3. The predicted molar refractivity (Wildman–Crippen MR) is 53.6 cm³/mol. The Kier molecular flexibility index (Phi) is 2.17. The van der Waals surface area contributed by atoms with Crippen LogP contribution < -0.4 is 16.1 Å². The van der Waals surface area contributed by atoms with Gasteiger partial charge in [-0.2, -0.15) is 0 Å². The van der Waals surface area contributed by atoms with E-state index in [2.05, 4.69) is 10.1 Å². The average molecular weight is 207 g/mol. The molecule has 0 bridgehead atoms. The summed E-state index contributed by atoms with van der Waals surface area (Å²) in [5.41, 5.74) is -0.458. The van der Waals surface area contributed by atoms with Crippen molar-refractivity contribution < 1.29 is 4.74 Å². The highest BCUT2D eigenvalue weighted by atomic mass is 16.5. The van der Waals surface area contributed by atoms with Crippen molar-refractivity contribution >= 4 is 0 Å². The second kappa shape index (κ2) is 3.49. The standard InChI is InChI=1S/C9H9N3O3/c1-15-7-4-2-6(3-5-7)12-9(14)10-8(13)11-12/h2-5H,1H3,(H2,10,11,13,14).